The molecule has 0 spiro atoms. The molecule has 1 aromatic carbocycles. The number of carbonyl (C=O) groups excluding carboxylic acids is 2. The minimum Gasteiger partial charge on any atom is -0.490 e. The Morgan fingerprint density at radius 1 is 1.23 bits per heavy atom. The number of urea groups is 1. The maximum atomic E-state index is 12.6. The smallest absolute Gasteiger partial charge is 0.337 e. The third-order valence-electron chi connectivity index (χ3n) is 4.57. The molecule has 8 heteroatoms. The monoisotopic (exact) mass is 438 g/mol. The molecule has 1 aliphatic rings. The molecule has 30 heavy (non-hydrogen) atoms. The lowest BCUT2D eigenvalue weighted by Gasteiger charge is -2.30. The highest BCUT2D eigenvalue weighted by molar-refractivity contribution is 6.32. The highest BCUT2D eigenvalue weighted by Crippen LogP contribution is 2.41. The maximum Gasteiger partial charge on any atom is 0.337 e. The lowest BCUT2D eigenvalue weighted by Crippen LogP contribution is -2.45. The van der Waals surface area contributed by atoms with Gasteiger partial charge in [0.05, 0.1) is 37.0 Å². The minimum atomic E-state index is -0.714. The average molecular weight is 439 g/mol. The first-order valence-corrected chi connectivity index (χ1v) is 10.7. The van der Waals surface area contributed by atoms with Gasteiger partial charge in [-0.25, -0.2) is 9.59 Å². The summed E-state index contributed by atoms with van der Waals surface area (Å²) in [6, 6.07) is 2.35. The highest BCUT2D eigenvalue weighted by atomic mass is 35.5. The number of hydrogen-bond donors (Lipinski definition) is 2. The number of rotatable bonds is 10. The van der Waals surface area contributed by atoms with Gasteiger partial charge in [-0.3, -0.25) is 0 Å². The molecule has 166 valence electrons. The summed E-state index contributed by atoms with van der Waals surface area (Å²) in [5, 5.41) is 5.91. The van der Waals surface area contributed by atoms with E-state index in [0.29, 0.717) is 58.9 Å². The first kappa shape index (κ1) is 23.9. The van der Waals surface area contributed by atoms with Crippen LogP contribution in [-0.2, 0) is 9.53 Å². The van der Waals surface area contributed by atoms with Crippen LogP contribution in [0.15, 0.2) is 23.4 Å². The summed E-state index contributed by atoms with van der Waals surface area (Å²) in [6.07, 6.45) is 2.32. The van der Waals surface area contributed by atoms with Crippen LogP contribution < -0.4 is 20.1 Å². The van der Waals surface area contributed by atoms with Crippen LogP contribution in [0.1, 0.15) is 58.6 Å². The molecule has 0 aromatic heterocycles. The molecular formula is C22H31ClN2O5. The molecule has 0 radical (unpaired) electrons. The molecule has 7 nitrogen and oxygen atoms in total. The zero-order valence-electron chi connectivity index (χ0n) is 18.3. The van der Waals surface area contributed by atoms with Crippen LogP contribution in [-0.4, -0.2) is 32.3 Å². The van der Waals surface area contributed by atoms with Gasteiger partial charge in [-0.1, -0.05) is 38.8 Å². The summed E-state index contributed by atoms with van der Waals surface area (Å²) in [5.41, 5.74) is 1.54. The fourth-order valence-electron chi connectivity index (χ4n) is 3.18. The van der Waals surface area contributed by atoms with Crippen molar-refractivity contribution in [3.8, 4) is 11.5 Å². The third-order valence-corrected chi connectivity index (χ3v) is 4.85. The van der Waals surface area contributed by atoms with Crippen LogP contribution in [0.3, 0.4) is 0 Å². The van der Waals surface area contributed by atoms with E-state index in [2.05, 4.69) is 10.6 Å². The number of halogens is 1. The van der Waals surface area contributed by atoms with Crippen LogP contribution in [0, 0.1) is 5.92 Å². The third kappa shape index (κ3) is 5.81. The van der Waals surface area contributed by atoms with Gasteiger partial charge in [0.1, 0.15) is 0 Å². The van der Waals surface area contributed by atoms with E-state index in [1.165, 1.54) is 7.11 Å². The molecular weight excluding hydrogens is 408 g/mol. The van der Waals surface area contributed by atoms with Crippen molar-refractivity contribution in [2.75, 3.05) is 20.3 Å². The Morgan fingerprint density at radius 3 is 2.57 bits per heavy atom. The predicted octanol–water partition coefficient (Wildman–Crippen LogP) is 4.74. The zero-order valence-corrected chi connectivity index (χ0v) is 19.0. The van der Waals surface area contributed by atoms with Crippen molar-refractivity contribution in [1.29, 1.82) is 0 Å². The highest BCUT2D eigenvalue weighted by Gasteiger charge is 2.34. The number of methoxy groups -OCH3 is 1. The molecule has 0 fully saturated rings. The Bertz CT molecular complexity index is 807. The number of hydrogen-bond acceptors (Lipinski definition) is 5. The van der Waals surface area contributed by atoms with Crippen molar-refractivity contribution >= 4 is 23.6 Å². The van der Waals surface area contributed by atoms with Crippen molar-refractivity contribution in [2.45, 2.75) is 53.0 Å². The number of nitrogens with one attached hydrogen (secondary N) is 2. The predicted molar refractivity (Wildman–Crippen MR) is 116 cm³/mol. The van der Waals surface area contributed by atoms with E-state index in [4.69, 9.17) is 25.8 Å². The topological polar surface area (TPSA) is 85.9 Å². The maximum absolute atomic E-state index is 12.6. The van der Waals surface area contributed by atoms with Crippen molar-refractivity contribution in [3.63, 3.8) is 0 Å². The summed E-state index contributed by atoms with van der Waals surface area (Å²) in [6.45, 7) is 8.89. The Morgan fingerprint density at radius 2 is 1.97 bits per heavy atom. The van der Waals surface area contributed by atoms with Gasteiger partial charge in [0.2, 0.25) is 0 Å². The summed E-state index contributed by atoms with van der Waals surface area (Å²) in [5.74, 6) is 0.723. The van der Waals surface area contributed by atoms with Crippen molar-refractivity contribution in [3.05, 3.63) is 34.0 Å². The molecule has 1 heterocycles. The number of amides is 2. The van der Waals surface area contributed by atoms with Crippen LogP contribution in [0.4, 0.5) is 4.79 Å². The fourth-order valence-corrected chi connectivity index (χ4v) is 3.45. The summed E-state index contributed by atoms with van der Waals surface area (Å²) < 4.78 is 16.6. The Balaban J connectivity index is 2.55. The van der Waals surface area contributed by atoms with Gasteiger partial charge < -0.3 is 24.8 Å². The Hall–Kier alpha value is -2.41. The lowest BCUT2D eigenvalue weighted by molar-refractivity contribution is -0.136. The van der Waals surface area contributed by atoms with E-state index in [-0.39, 0.29) is 6.03 Å². The molecule has 0 aliphatic carbocycles. The summed E-state index contributed by atoms with van der Waals surface area (Å²) in [4.78, 5) is 24.9. The lowest BCUT2D eigenvalue weighted by atomic mass is 9.93. The molecule has 0 saturated carbocycles. The normalized spacial score (nSPS) is 16.2. The molecule has 2 N–H and O–H groups in total. The van der Waals surface area contributed by atoms with Gasteiger partial charge in [-0.05, 0) is 43.4 Å². The molecule has 1 unspecified atom stereocenters. The second-order valence-electron chi connectivity index (χ2n) is 7.49. The Kier molecular flexibility index (Phi) is 8.84. The standard InChI is InChI=1S/C22H31ClN2O5/c1-6-8-9-16-18(21(26)28-5)19(25-22(27)24-16)14-10-15(23)20(30-12-13(3)4)17(11-14)29-7-2/h10-11,13,19H,6-9,12H2,1-5H3,(H2,24,25,27). The molecule has 2 rings (SSSR count). The van der Waals surface area contributed by atoms with Gasteiger partial charge >= 0.3 is 12.0 Å². The van der Waals surface area contributed by atoms with Gasteiger partial charge in [0.15, 0.2) is 11.5 Å². The Labute approximate surface area is 183 Å². The van der Waals surface area contributed by atoms with Crippen molar-refractivity contribution in [1.82, 2.24) is 10.6 Å². The first-order valence-electron chi connectivity index (χ1n) is 10.3. The molecule has 1 atom stereocenters. The van der Waals surface area contributed by atoms with Crippen LogP contribution >= 0.6 is 11.6 Å². The SMILES string of the molecule is CCCCC1=C(C(=O)OC)C(c2cc(Cl)c(OCC(C)C)c(OCC)c2)NC(=O)N1. The quantitative estimate of drug-likeness (QED) is 0.515. The van der Waals surface area contributed by atoms with E-state index >= 15 is 0 Å². The van der Waals surface area contributed by atoms with Crippen LogP contribution in [0.25, 0.3) is 0 Å². The zero-order chi connectivity index (χ0) is 22.3. The van der Waals surface area contributed by atoms with E-state index in [0.717, 1.165) is 12.8 Å². The van der Waals surface area contributed by atoms with E-state index in [1.807, 2.05) is 27.7 Å². The van der Waals surface area contributed by atoms with Gasteiger partial charge in [0.25, 0.3) is 0 Å². The van der Waals surface area contributed by atoms with Gasteiger partial charge in [-0.2, -0.15) is 0 Å². The number of unbranched alkanes of at least 4 members (excludes halogenated alkanes) is 1. The van der Waals surface area contributed by atoms with Gasteiger partial charge in [0, 0.05) is 5.70 Å². The number of allylic oxidation sites excluding steroid dienone is 1. The fraction of sp³-hybridized carbons (Fsp3) is 0.545. The summed E-state index contributed by atoms with van der Waals surface area (Å²) >= 11 is 6.52. The molecule has 0 saturated heterocycles. The number of ether oxygens (including phenoxy) is 3. The second-order valence-corrected chi connectivity index (χ2v) is 7.89. The van der Waals surface area contributed by atoms with Crippen LogP contribution in [0.2, 0.25) is 5.02 Å². The van der Waals surface area contributed by atoms with Crippen molar-refractivity contribution < 1.29 is 23.8 Å². The summed E-state index contributed by atoms with van der Waals surface area (Å²) in [7, 11) is 1.32. The molecule has 1 aromatic rings. The van der Waals surface area contributed by atoms with E-state index in [9.17, 15) is 9.59 Å². The van der Waals surface area contributed by atoms with E-state index < -0.39 is 12.0 Å². The first-order chi connectivity index (χ1) is 14.3. The molecule has 2 amide bonds. The largest absolute Gasteiger partial charge is 0.490 e. The minimum absolute atomic E-state index is 0.314. The molecule has 0 bridgehead atoms. The van der Waals surface area contributed by atoms with E-state index in [1.54, 1.807) is 12.1 Å². The average Bonchev–Trinajstić information content (AvgIpc) is 2.70. The van der Waals surface area contributed by atoms with Crippen molar-refractivity contribution in [2.24, 2.45) is 5.92 Å². The second kappa shape index (κ2) is 11.1. The van der Waals surface area contributed by atoms with Gasteiger partial charge in [-0.15, -0.1) is 0 Å². The number of esters is 1. The number of benzene rings is 1. The van der Waals surface area contributed by atoms with Crippen LogP contribution in [0.5, 0.6) is 11.5 Å². The number of carbonyl (C=O) groups is 2. The molecule has 1 aliphatic heterocycles.